The summed E-state index contributed by atoms with van der Waals surface area (Å²) in [6, 6.07) is 5.55. The van der Waals surface area contributed by atoms with Gasteiger partial charge in [-0.3, -0.25) is 4.90 Å². The largest absolute Gasteiger partial charge is 0.493 e. The number of hydrogen-bond acceptors (Lipinski definition) is 5. The molecule has 0 amide bonds. The minimum Gasteiger partial charge on any atom is -0.493 e. The third kappa shape index (κ3) is 6.83. The predicted octanol–water partition coefficient (Wildman–Crippen LogP) is 4.05. The molecule has 0 spiro atoms. The molecule has 136 valence electrons. The van der Waals surface area contributed by atoms with Crippen molar-refractivity contribution in [2.75, 3.05) is 38.6 Å². The number of hydrogen-bond donors (Lipinski definition) is 1. The third-order valence-corrected chi connectivity index (χ3v) is 4.41. The number of unbranched alkanes of at least 4 members (excludes halogenated alkanes) is 1. The monoisotopic (exact) mass is 372 g/mol. The minimum absolute atomic E-state index is 0. The molecular formula is C18H29ClN2O2S. The van der Waals surface area contributed by atoms with Crippen LogP contribution in [0.4, 0.5) is 5.69 Å². The fraction of sp³-hybridized carbons (Fsp3) is 0.611. The summed E-state index contributed by atoms with van der Waals surface area (Å²) in [6.07, 6.45) is 6.03. The molecule has 1 aliphatic heterocycles. The number of halogens is 1. The van der Waals surface area contributed by atoms with E-state index >= 15 is 0 Å². The molecule has 1 heterocycles. The van der Waals surface area contributed by atoms with Gasteiger partial charge in [-0.2, -0.15) is 0 Å². The van der Waals surface area contributed by atoms with Crippen LogP contribution in [0.1, 0.15) is 44.6 Å². The number of benzene rings is 1. The molecule has 0 radical (unpaired) electrons. The van der Waals surface area contributed by atoms with Crippen LogP contribution in [0.2, 0.25) is 0 Å². The van der Waals surface area contributed by atoms with Crippen LogP contribution in [-0.4, -0.2) is 42.8 Å². The molecule has 1 saturated heterocycles. The van der Waals surface area contributed by atoms with Gasteiger partial charge in [0.1, 0.15) is 12.4 Å². The SMILES string of the molecule is CCCCOc1cc(N)ccc1C(=S)OCCN1CCCCC1.Cl. The van der Waals surface area contributed by atoms with E-state index in [0.29, 0.717) is 24.0 Å². The third-order valence-electron chi connectivity index (χ3n) is 4.07. The van der Waals surface area contributed by atoms with Crippen molar-refractivity contribution in [1.29, 1.82) is 0 Å². The van der Waals surface area contributed by atoms with E-state index in [1.807, 2.05) is 18.2 Å². The maximum Gasteiger partial charge on any atom is 0.194 e. The Labute approximate surface area is 157 Å². The Morgan fingerprint density at radius 2 is 1.96 bits per heavy atom. The lowest BCUT2D eigenvalue weighted by Gasteiger charge is -2.26. The summed E-state index contributed by atoms with van der Waals surface area (Å²) in [5.41, 5.74) is 7.36. The highest BCUT2D eigenvalue weighted by Gasteiger charge is 2.13. The second-order valence-electron chi connectivity index (χ2n) is 6.00. The van der Waals surface area contributed by atoms with Gasteiger partial charge in [0, 0.05) is 18.3 Å². The van der Waals surface area contributed by atoms with Gasteiger partial charge in [-0.15, -0.1) is 12.4 Å². The Hall–Kier alpha value is -1.04. The van der Waals surface area contributed by atoms with Gasteiger partial charge in [-0.05, 0) is 56.7 Å². The summed E-state index contributed by atoms with van der Waals surface area (Å²) in [7, 11) is 0. The van der Waals surface area contributed by atoms with Crippen molar-refractivity contribution < 1.29 is 9.47 Å². The molecule has 4 nitrogen and oxygen atoms in total. The van der Waals surface area contributed by atoms with Crippen molar-refractivity contribution in [3.05, 3.63) is 23.8 Å². The van der Waals surface area contributed by atoms with Crippen molar-refractivity contribution in [2.45, 2.75) is 39.0 Å². The van der Waals surface area contributed by atoms with Crippen LogP contribution in [0.25, 0.3) is 0 Å². The second kappa shape index (κ2) is 11.5. The zero-order chi connectivity index (χ0) is 16.5. The normalized spacial score (nSPS) is 14.7. The summed E-state index contributed by atoms with van der Waals surface area (Å²) in [5.74, 6) is 0.724. The van der Waals surface area contributed by atoms with E-state index in [2.05, 4.69) is 11.8 Å². The van der Waals surface area contributed by atoms with E-state index in [9.17, 15) is 0 Å². The number of nitrogens with two attached hydrogens (primary N) is 1. The molecule has 0 aromatic heterocycles. The highest BCUT2D eigenvalue weighted by atomic mass is 35.5. The molecule has 24 heavy (non-hydrogen) atoms. The molecule has 0 unspecified atom stereocenters. The number of rotatable bonds is 8. The summed E-state index contributed by atoms with van der Waals surface area (Å²) < 4.78 is 11.6. The van der Waals surface area contributed by atoms with Gasteiger partial charge in [-0.1, -0.05) is 19.8 Å². The summed E-state index contributed by atoms with van der Waals surface area (Å²) in [6.45, 7) is 6.70. The molecule has 1 aliphatic rings. The van der Waals surface area contributed by atoms with E-state index < -0.39 is 0 Å². The first kappa shape index (κ1) is 21.0. The number of ether oxygens (including phenoxy) is 2. The summed E-state index contributed by atoms with van der Waals surface area (Å²) in [5, 5.41) is 0.494. The van der Waals surface area contributed by atoms with Crippen molar-refractivity contribution in [1.82, 2.24) is 4.90 Å². The van der Waals surface area contributed by atoms with Crippen LogP contribution in [-0.2, 0) is 4.74 Å². The van der Waals surface area contributed by atoms with E-state index in [0.717, 1.165) is 30.7 Å². The van der Waals surface area contributed by atoms with Gasteiger partial charge in [0.05, 0.1) is 12.2 Å². The van der Waals surface area contributed by atoms with Crippen LogP contribution in [0, 0.1) is 0 Å². The lowest BCUT2D eigenvalue weighted by molar-refractivity contribution is 0.180. The van der Waals surface area contributed by atoms with Crippen LogP contribution in [0.3, 0.4) is 0 Å². The molecule has 2 rings (SSSR count). The van der Waals surface area contributed by atoms with Crippen LogP contribution in [0.15, 0.2) is 18.2 Å². The maximum absolute atomic E-state index is 5.86. The summed E-state index contributed by atoms with van der Waals surface area (Å²) in [4.78, 5) is 2.44. The number of anilines is 1. The number of thiocarbonyl (C=S) groups is 1. The van der Waals surface area contributed by atoms with Crippen LogP contribution >= 0.6 is 24.6 Å². The fourth-order valence-corrected chi connectivity index (χ4v) is 2.93. The zero-order valence-electron chi connectivity index (χ0n) is 14.5. The first-order valence-corrected chi connectivity index (χ1v) is 9.03. The predicted molar refractivity (Wildman–Crippen MR) is 106 cm³/mol. The number of likely N-dealkylation sites (tertiary alicyclic amines) is 1. The Bertz CT molecular complexity index is 508. The van der Waals surface area contributed by atoms with Gasteiger partial charge in [0.2, 0.25) is 0 Å². The summed E-state index contributed by atoms with van der Waals surface area (Å²) >= 11 is 5.44. The van der Waals surface area contributed by atoms with Crippen LogP contribution < -0.4 is 10.5 Å². The van der Waals surface area contributed by atoms with Crippen molar-refractivity contribution in [2.24, 2.45) is 0 Å². The standard InChI is InChI=1S/C18H28N2O2S.ClH/c1-2-3-12-21-17-14-15(19)7-8-16(17)18(23)22-13-11-20-9-5-4-6-10-20;/h7-8,14H,2-6,9-13,19H2,1H3;1H. The van der Waals surface area contributed by atoms with E-state index in [1.165, 1.54) is 32.4 Å². The Morgan fingerprint density at radius 3 is 2.67 bits per heavy atom. The highest BCUT2D eigenvalue weighted by Crippen LogP contribution is 2.23. The van der Waals surface area contributed by atoms with Crippen molar-refractivity contribution in [3.63, 3.8) is 0 Å². The molecule has 0 saturated carbocycles. The second-order valence-corrected chi connectivity index (χ2v) is 6.37. The Balaban J connectivity index is 0.00000288. The highest BCUT2D eigenvalue weighted by molar-refractivity contribution is 7.80. The molecule has 0 aliphatic carbocycles. The van der Waals surface area contributed by atoms with Gasteiger partial charge in [-0.25, -0.2) is 0 Å². The maximum atomic E-state index is 5.86. The number of piperidine rings is 1. The van der Waals surface area contributed by atoms with Crippen molar-refractivity contribution >= 4 is 35.4 Å². The van der Waals surface area contributed by atoms with Gasteiger partial charge in [0.15, 0.2) is 5.05 Å². The topological polar surface area (TPSA) is 47.7 Å². The van der Waals surface area contributed by atoms with Crippen molar-refractivity contribution in [3.8, 4) is 5.75 Å². The molecule has 0 atom stereocenters. The molecule has 6 heteroatoms. The molecular weight excluding hydrogens is 344 g/mol. The van der Waals surface area contributed by atoms with Gasteiger partial charge < -0.3 is 15.2 Å². The van der Waals surface area contributed by atoms with Gasteiger partial charge in [0.25, 0.3) is 0 Å². The van der Waals surface area contributed by atoms with E-state index in [4.69, 9.17) is 27.4 Å². The molecule has 1 fully saturated rings. The first-order valence-electron chi connectivity index (χ1n) is 8.62. The number of nitrogen functional groups attached to an aromatic ring is 1. The molecule has 0 bridgehead atoms. The minimum atomic E-state index is 0. The smallest absolute Gasteiger partial charge is 0.194 e. The molecule has 1 aromatic rings. The quantitative estimate of drug-likeness (QED) is 0.424. The van der Waals surface area contributed by atoms with E-state index in [1.54, 1.807) is 0 Å². The van der Waals surface area contributed by atoms with E-state index in [-0.39, 0.29) is 12.4 Å². The van der Waals surface area contributed by atoms with Crippen LogP contribution in [0.5, 0.6) is 5.75 Å². The zero-order valence-corrected chi connectivity index (χ0v) is 16.1. The van der Waals surface area contributed by atoms with Gasteiger partial charge >= 0.3 is 0 Å². The first-order chi connectivity index (χ1) is 11.2. The lowest BCUT2D eigenvalue weighted by Crippen LogP contribution is -2.33. The molecule has 1 aromatic carbocycles. The Kier molecular flexibility index (Phi) is 10.1. The molecule has 2 N–H and O–H groups in total. The average Bonchev–Trinajstić information content (AvgIpc) is 2.56. The average molecular weight is 373 g/mol. The number of nitrogens with zero attached hydrogens (tertiary/aromatic N) is 1. The fourth-order valence-electron chi connectivity index (χ4n) is 2.68. The Morgan fingerprint density at radius 1 is 1.21 bits per heavy atom. The lowest BCUT2D eigenvalue weighted by atomic mass is 10.1.